The highest BCUT2D eigenvalue weighted by Crippen LogP contribution is 2.29. The normalized spacial score (nSPS) is 12.7. The Morgan fingerprint density at radius 2 is 1.73 bits per heavy atom. The van der Waals surface area contributed by atoms with Gasteiger partial charge in [0.15, 0.2) is 0 Å². The van der Waals surface area contributed by atoms with E-state index < -0.39 is 10.6 Å². The van der Waals surface area contributed by atoms with E-state index in [-0.39, 0.29) is 0 Å². The van der Waals surface area contributed by atoms with Gasteiger partial charge >= 0.3 is 0 Å². The van der Waals surface area contributed by atoms with Crippen LogP contribution in [0.5, 0.6) is 0 Å². The molecular weight excluding hydrogens is 231 g/mol. The molecule has 2 aromatic rings. The van der Waals surface area contributed by atoms with Crippen LogP contribution >= 0.6 is 23.2 Å². The molecule has 0 aliphatic rings. The van der Waals surface area contributed by atoms with Crippen LogP contribution in [0.2, 0.25) is 0 Å². The lowest BCUT2D eigenvalue weighted by atomic mass is 10.0. The maximum Gasteiger partial charge on any atom is 0.244 e. The average Bonchev–Trinajstić information content (AvgIpc) is 2.27. The average molecular weight is 239 g/mol. The van der Waals surface area contributed by atoms with E-state index in [1.54, 1.807) is 0 Å². The number of halogens is 2. The highest BCUT2D eigenvalue weighted by Gasteiger charge is 2.17. The van der Waals surface area contributed by atoms with Gasteiger partial charge in [0.2, 0.25) is 5.24 Å². The Bertz CT molecular complexity index is 502. The summed E-state index contributed by atoms with van der Waals surface area (Å²) in [6.45, 7) is 0. The minimum absolute atomic E-state index is 0.548. The summed E-state index contributed by atoms with van der Waals surface area (Å²) < 4.78 is 0. The van der Waals surface area contributed by atoms with E-state index in [9.17, 15) is 4.79 Å². The number of carbonyl (C=O) groups excluding carboxylic acids is 1. The van der Waals surface area contributed by atoms with E-state index in [1.165, 1.54) is 0 Å². The van der Waals surface area contributed by atoms with Crippen molar-refractivity contribution in [1.29, 1.82) is 0 Å². The monoisotopic (exact) mass is 238 g/mol. The molecule has 0 aliphatic heterocycles. The molecule has 0 fully saturated rings. The van der Waals surface area contributed by atoms with Crippen LogP contribution in [0.25, 0.3) is 10.8 Å². The molecule has 0 heterocycles. The first-order chi connectivity index (χ1) is 7.20. The summed E-state index contributed by atoms with van der Waals surface area (Å²) in [5, 5.41) is 0.693. The minimum Gasteiger partial charge on any atom is -0.279 e. The first kappa shape index (κ1) is 10.5. The van der Waals surface area contributed by atoms with E-state index in [0.29, 0.717) is 0 Å². The summed E-state index contributed by atoms with van der Waals surface area (Å²) in [6, 6.07) is 13.4. The van der Waals surface area contributed by atoms with Crippen molar-refractivity contribution in [3.8, 4) is 0 Å². The Labute approximate surface area is 97.6 Å². The Morgan fingerprint density at radius 1 is 1.07 bits per heavy atom. The fraction of sp³-hybridized carbons (Fsp3) is 0.0833. The van der Waals surface area contributed by atoms with E-state index in [2.05, 4.69) is 0 Å². The van der Waals surface area contributed by atoms with Crippen LogP contribution in [0.15, 0.2) is 42.5 Å². The van der Waals surface area contributed by atoms with Crippen molar-refractivity contribution >= 4 is 39.2 Å². The van der Waals surface area contributed by atoms with Crippen LogP contribution in [-0.4, -0.2) is 5.24 Å². The standard InChI is InChI=1S/C12H8Cl2O/c13-11(12(14)15)10-7-3-5-8-4-1-2-6-9(8)10/h1-7,11H. The van der Waals surface area contributed by atoms with Gasteiger partial charge in [0.05, 0.1) is 0 Å². The third-order valence-electron chi connectivity index (χ3n) is 2.30. The predicted molar refractivity (Wildman–Crippen MR) is 63.4 cm³/mol. The van der Waals surface area contributed by atoms with E-state index >= 15 is 0 Å². The van der Waals surface area contributed by atoms with Crippen LogP contribution in [0, 0.1) is 0 Å². The zero-order valence-corrected chi connectivity index (χ0v) is 9.29. The number of alkyl halides is 1. The minimum atomic E-state index is -0.780. The highest BCUT2D eigenvalue weighted by molar-refractivity contribution is 6.69. The van der Waals surface area contributed by atoms with Crippen molar-refractivity contribution in [2.45, 2.75) is 5.38 Å². The summed E-state index contributed by atoms with van der Waals surface area (Å²) in [7, 11) is 0. The van der Waals surface area contributed by atoms with Gasteiger partial charge in [0.25, 0.3) is 0 Å². The molecule has 76 valence electrons. The van der Waals surface area contributed by atoms with Gasteiger partial charge in [-0.15, -0.1) is 11.6 Å². The van der Waals surface area contributed by atoms with Gasteiger partial charge in [-0.25, -0.2) is 0 Å². The fourth-order valence-electron chi connectivity index (χ4n) is 1.59. The zero-order chi connectivity index (χ0) is 10.8. The molecule has 0 saturated heterocycles. The zero-order valence-electron chi connectivity index (χ0n) is 7.78. The second-order valence-electron chi connectivity index (χ2n) is 3.24. The summed E-state index contributed by atoms with van der Waals surface area (Å²) >= 11 is 11.3. The fourth-order valence-corrected chi connectivity index (χ4v) is 1.90. The van der Waals surface area contributed by atoms with Crippen molar-refractivity contribution in [1.82, 2.24) is 0 Å². The van der Waals surface area contributed by atoms with Crippen LogP contribution < -0.4 is 0 Å². The summed E-state index contributed by atoms with van der Waals surface area (Å²) in [5.41, 5.74) is 0.759. The molecule has 0 spiro atoms. The van der Waals surface area contributed by atoms with Crippen molar-refractivity contribution in [2.24, 2.45) is 0 Å². The predicted octanol–water partition coefficient (Wildman–Crippen LogP) is 3.89. The molecule has 2 rings (SSSR count). The van der Waals surface area contributed by atoms with Crippen molar-refractivity contribution in [2.75, 3.05) is 0 Å². The molecular formula is C12H8Cl2O. The maximum absolute atomic E-state index is 11.0. The van der Waals surface area contributed by atoms with Gasteiger partial charge in [-0.2, -0.15) is 0 Å². The van der Waals surface area contributed by atoms with Gasteiger partial charge in [-0.3, -0.25) is 4.79 Å². The van der Waals surface area contributed by atoms with Gasteiger partial charge in [0.1, 0.15) is 5.38 Å². The van der Waals surface area contributed by atoms with Crippen LogP contribution in [0.1, 0.15) is 10.9 Å². The lowest BCUT2D eigenvalue weighted by Gasteiger charge is -2.08. The van der Waals surface area contributed by atoms with E-state index in [0.717, 1.165) is 16.3 Å². The van der Waals surface area contributed by atoms with Crippen molar-refractivity contribution in [3.63, 3.8) is 0 Å². The topological polar surface area (TPSA) is 17.1 Å². The molecule has 2 aromatic carbocycles. The van der Waals surface area contributed by atoms with E-state index in [1.807, 2.05) is 42.5 Å². The number of fused-ring (bicyclic) bond motifs is 1. The molecule has 0 saturated carbocycles. The lowest BCUT2D eigenvalue weighted by molar-refractivity contribution is -0.111. The third kappa shape index (κ3) is 1.99. The van der Waals surface area contributed by atoms with Crippen LogP contribution in [-0.2, 0) is 4.79 Å². The van der Waals surface area contributed by atoms with Gasteiger partial charge in [0, 0.05) is 0 Å². The van der Waals surface area contributed by atoms with Gasteiger partial charge in [-0.1, -0.05) is 42.5 Å². The Hall–Kier alpha value is -1.05. The third-order valence-corrected chi connectivity index (χ3v) is 3.06. The summed E-state index contributed by atoms with van der Waals surface area (Å²) in [4.78, 5) is 11.0. The first-order valence-corrected chi connectivity index (χ1v) is 5.32. The number of carbonyl (C=O) groups is 1. The number of benzene rings is 2. The first-order valence-electron chi connectivity index (χ1n) is 4.51. The van der Waals surface area contributed by atoms with Crippen LogP contribution in [0.4, 0.5) is 0 Å². The summed E-state index contributed by atoms with van der Waals surface area (Å²) in [5.74, 6) is 0. The number of hydrogen-bond acceptors (Lipinski definition) is 1. The molecule has 1 unspecified atom stereocenters. The van der Waals surface area contributed by atoms with Crippen molar-refractivity contribution in [3.05, 3.63) is 48.0 Å². The molecule has 0 radical (unpaired) electrons. The Morgan fingerprint density at radius 3 is 2.47 bits per heavy atom. The molecule has 15 heavy (non-hydrogen) atoms. The van der Waals surface area contributed by atoms with Gasteiger partial charge in [-0.05, 0) is 27.9 Å². The second-order valence-corrected chi connectivity index (χ2v) is 4.04. The van der Waals surface area contributed by atoms with Crippen molar-refractivity contribution < 1.29 is 4.79 Å². The Balaban J connectivity index is 2.65. The molecule has 0 amide bonds. The van der Waals surface area contributed by atoms with E-state index in [4.69, 9.17) is 23.2 Å². The maximum atomic E-state index is 11.0. The summed E-state index contributed by atoms with van der Waals surface area (Å²) in [6.07, 6.45) is 0. The second kappa shape index (κ2) is 4.21. The molecule has 0 aromatic heterocycles. The highest BCUT2D eigenvalue weighted by atomic mass is 35.5. The molecule has 0 bridgehead atoms. The number of rotatable bonds is 2. The van der Waals surface area contributed by atoms with Crippen LogP contribution in [0.3, 0.4) is 0 Å². The molecule has 3 heteroatoms. The Kier molecular flexibility index (Phi) is 2.94. The van der Waals surface area contributed by atoms with Gasteiger partial charge < -0.3 is 0 Å². The SMILES string of the molecule is O=C(Cl)C(Cl)c1cccc2ccccc12. The molecule has 0 aliphatic carbocycles. The quantitative estimate of drug-likeness (QED) is 0.574. The lowest BCUT2D eigenvalue weighted by Crippen LogP contribution is -1.99. The molecule has 1 nitrogen and oxygen atoms in total. The smallest absolute Gasteiger partial charge is 0.244 e. The largest absolute Gasteiger partial charge is 0.279 e. The number of hydrogen-bond donors (Lipinski definition) is 0. The molecule has 1 atom stereocenters. The molecule has 0 N–H and O–H groups in total.